The number of hydrogen-bond donors (Lipinski definition) is 1. The Kier molecular flexibility index (Phi) is 5.41. The lowest BCUT2D eigenvalue weighted by Crippen LogP contribution is -2.39. The molecule has 4 rings (SSSR count). The lowest BCUT2D eigenvalue weighted by Gasteiger charge is -2.15. The molecule has 7 nitrogen and oxygen atoms in total. The van der Waals surface area contributed by atoms with Gasteiger partial charge in [0.05, 0.1) is 23.7 Å². The highest BCUT2D eigenvalue weighted by molar-refractivity contribution is 6.22. The first-order chi connectivity index (χ1) is 14.4. The van der Waals surface area contributed by atoms with E-state index in [4.69, 9.17) is 4.74 Å². The Labute approximate surface area is 171 Å². The van der Waals surface area contributed by atoms with Crippen LogP contribution in [0.4, 0.5) is 10.1 Å². The van der Waals surface area contributed by atoms with E-state index in [1.807, 2.05) is 0 Å². The van der Waals surface area contributed by atoms with Gasteiger partial charge in [-0.25, -0.2) is 14.1 Å². The van der Waals surface area contributed by atoms with Gasteiger partial charge >= 0.3 is 5.97 Å². The molecular weight excluding hydrogens is 391 g/mol. The van der Waals surface area contributed by atoms with E-state index in [-0.39, 0.29) is 29.4 Å². The molecular formula is C22H19FN2O5. The van der Waals surface area contributed by atoms with Gasteiger partial charge in [0, 0.05) is 11.6 Å². The quantitative estimate of drug-likeness (QED) is 0.428. The highest BCUT2D eigenvalue weighted by Crippen LogP contribution is 2.27. The Bertz CT molecular complexity index is 999. The first kappa shape index (κ1) is 19.9. The lowest BCUT2D eigenvalue weighted by molar-refractivity contribution is -0.121. The maximum atomic E-state index is 12.9. The van der Waals surface area contributed by atoms with Gasteiger partial charge in [0.1, 0.15) is 5.82 Å². The van der Waals surface area contributed by atoms with Crippen molar-refractivity contribution in [1.29, 1.82) is 0 Å². The third-order valence-corrected chi connectivity index (χ3v) is 5.02. The third kappa shape index (κ3) is 4.28. The van der Waals surface area contributed by atoms with Crippen LogP contribution in [0.25, 0.3) is 0 Å². The van der Waals surface area contributed by atoms with Crippen molar-refractivity contribution in [3.8, 4) is 0 Å². The summed E-state index contributed by atoms with van der Waals surface area (Å²) in [6.07, 6.45) is 2.14. The number of anilines is 1. The van der Waals surface area contributed by atoms with Crippen molar-refractivity contribution in [2.75, 3.05) is 11.5 Å². The Morgan fingerprint density at radius 3 is 2.27 bits per heavy atom. The predicted molar refractivity (Wildman–Crippen MR) is 105 cm³/mol. The van der Waals surface area contributed by atoms with Crippen molar-refractivity contribution in [3.05, 3.63) is 65.5 Å². The fourth-order valence-electron chi connectivity index (χ4n) is 3.25. The number of nitrogens with zero attached hydrogens (tertiary/aromatic N) is 1. The van der Waals surface area contributed by atoms with Crippen LogP contribution in [0.1, 0.15) is 40.0 Å². The summed E-state index contributed by atoms with van der Waals surface area (Å²) >= 11 is 0. The summed E-state index contributed by atoms with van der Waals surface area (Å²) in [6.45, 7) is -0.482. The molecule has 2 aromatic carbocycles. The maximum absolute atomic E-state index is 12.9. The van der Waals surface area contributed by atoms with Crippen LogP contribution in [0.3, 0.4) is 0 Å². The molecule has 0 spiro atoms. The largest absolute Gasteiger partial charge is 0.454 e. The first-order valence-corrected chi connectivity index (χ1v) is 9.61. The van der Waals surface area contributed by atoms with E-state index in [1.165, 1.54) is 36.4 Å². The highest BCUT2D eigenvalue weighted by atomic mass is 19.1. The van der Waals surface area contributed by atoms with Gasteiger partial charge < -0.3 is 10.1 Å². The van der Waals surface area contributed by atoms with Crippen LogP contribution in [0, 0.1) is 5.82 Å². The monoisotopic (exact) mass is 410 g/mol. The molecule has 1 unspecified atom stereocenters. The fraction of sp³-hybridized carbons (Fsp3) is 0.273. The van der Waals surface area contributed by atoms with Crippen LogP contribution in [-0.2, 0) is 14.3 Å². The van der Waals surface area contributed by atoms with E-state index in [1.54, 1.807) is 0 Å². The number of benzene rings is 2. The molecule has 0 aromatic heterocycles. The second-order valence-electron chi connectivity index (χ2n) is 7.32. The van der Waals surface area contributed by atoms with E-state index >= 15 is 0 Å². The van der Waals surface area contributed by atoms with Gasteiger partial charge in [0.25, 0.3) is 5.91 Å². The fourth-order valence-corrected chi connectivity index (χ4v) is 3.25. The van der Waals surface area contributed by atoms with Gasteiger partial charge in [-0.2, -0.15) is 0 Å². The molecule has 1 N–H and O–H groups in total. The molecule has 0 radical (unpaired) electrons. The molecule has 1 aliphatic heterocycles. The molecule has 2 fully saturated rings. The maximum Gasteiger partial charge on any atom is 0.338 e. The molecule has 2 aromatic rings. The normalized spacial score (nSPS) is 18.6. The summed E-state index contributed by atoms with van der Waals surface area (Å²) in [5, 5.41) is 3.17. The van der Waals surface area contributed by atoms with E-state index in [9.17, 15) is 23.6 Å². The summed E-state index contributed by atoms with van der Waals surface area (Å²) in [5.41, 5.74) is 0.793. The number of esters is 1. The molecule has 30 heavy (non-hydrogen) atoms. The molecule has 1 aliphatic carbocycles. The second kappa shape index (κ2) is 8.16. The number of amides is 2. The van der Waals surface area contributed by atoms with Crippen molar-refractivity contribution < 1.29 is 28.3 Å². The van der Waals surface area contributed by atoms with Crippen molar-refractivity contribution >= 4 is 29.3 Å². The number of ether oxygens (including phenoxy) is 1. The van der Waals surface area contributed by atoms with E-state index in [0.29, 0.717) is 11.7 Å². The summed E-state index contributed by atoms with van der Waals surface area (Å²) in [5.74, 6) is -2.23. The van der Waals surface area contributed by atoms with Gasteiger partial charge in [-0.15, -0.1) is 0 Å². The number of nitrogens with one attached hydrogen (secondary N) is 1. The number of Topliss-reactive ketones (excluding diaryl/α,β-unsaturated/α-hetero) is 1. The average molecular weight is 410 g/mol. The molecule has 1 atom stereocenters. The van der Waals surface area contributed by atoms with Crippen LogP contribution in [-0.4, -0.2) is 42.3 Å². The van der Waals surface area contributed by atoms with Gasteiger partial charge in [0.2, 0.25) is 5.91 Å². The van der Waals surface area contributed by atoms with Crippen molar-refractivity contribution in [1.82, 2.24) is 5.32 Å². The minimum atomic E-state index is -0.718. The Morgan fingerprint density at radius 2 is 1.63 bits per heavy atom. The molecule has 8 heteroatoms. The third-order valence-electron chi connectivity index (χ3n) is 5.02. The molecule has 2 amide bonds. The number of rotatable bonds is 7. The van der Waals surface area contributed by atoms with Gasteiger partial charge in [-0.05, 0) is 61.4 Å². The van der Waals surface area contributed by atoms with E-state index in [2.05, 4.69) is 5.32 Å². The van der Waals surface area contributed by atoms with E-state index < -0.39 is 30.2 Å². The van der Waals surface area contributed by atoms with Gasteiger partial charge in [0.15, 0.2) is 12.4 Å². The van der Waals surface area contributed by atoms with Gasteiger partial charge in [-0.3, -0.25) is 14.4 Å². The zero-order valence-electron chi connectivity index (χ0n) is 16.0. The number of halogens is 1. The molecule has 154 valence electrons. The zero-order valence-corrected chi connectivity index (χ0v) is 16.0. The SMILES string of the molecule is O=C(COC(=O)c1ccc(N2C(=O)CC(NC3CC3)C2=O)cc1)c1ccc(F)cc1. The first-order valence-electron chi connectivity index (χ1n) is 9.61. The second-order valence-corrected chi connectivity index (χ2v) is 7.32. The summed E-state index contributed by atoms with van der Waals surface area (Å²) in [6, 6.07) is 10.6. The molecule has 1 saturated heterocycles. The number of imide groups is 1. The smallest absolute Gasteiger partial charge is 0.338 e. The standard InChI is InChI=1S/C22H19FN2O5/c23-15-5-1-13(2-6-15)19(26)12-30-22(29)14-3-9-17(10-4-14)25-20(27)11-18(21(25)28)24-16-7-8-16/h1-6,9-10,16,18,24H,7-8,11-12H2. The van der Waals surface area contributed by atoms with Crippen LogP contribution in [0.15, 0.2) is 48.5 Å². The van der Waals surface area contributed by atoms with Crippen LogP contribution < -0.4 is 10.2 Å². The van der Waals surface area contributed by atoms with Crippen LogP contribution >= 0.6 is 0 Å². The molecule has 1 saturated carbocycles. The van der Waals surface area contributed by atoms with Crippen LogP contribution in [0.2, 0.25) is 0 Å². The van der Waals surface area contributed by atoms with Crippen molar-refractivity contribution in [2.45, 2.75) is 31.3 Å². The van der Waals surface area contributed by atoms with Crippen LogP contribution in [0.5, 0.6) is 0 Å². The molecule has 1 heterocycles. The summed E-state index contributed by atoms with van der Waals surface area (Å²) in [4.78, 5) is 50.1. The Morgan fingerprint density at radius 1 is 1.00 bits per heavy atom. The zero-order chi connectivity index (χ0) is 21.3. The van der Waals surface area contributed by atoms with Crippen molar-refractivity contribution in [2.24, 2.45) is 0 Å². The number of hydrogen-bond acceptors (Lipinski definition) is 6. The Hall–Kier alpha value is -3.39. The molecule has 0 bridgehead atoms. The number of ketones is 1. The average Bonchev–Trinajstić information content (AvgIpc) is 3.51. The minimum absolute atomic E-state index is 0.116. The highest BCUT2D eigenvalue weighted by Gasteiger charge is 2.41. The van der Waals surface area contributed by atoms with E-state index in [0.717, 1.165) is 29.9 Å². The summed E-state index contributed by atoms with van der Waals surface area (Å²) in [7, 11) is 0. The topological polar surface area (TPSA) is 92.8 Å². The predicted octanol–water partition coefficient (Wildman–Crippen LogP) is 2.25. The molecule has 2 aliphatic rings. The lowest BCUT2D eigenvalue weighted by atomic mass is 10.1. The number of carbonyl (C=O) groups excluding carboxylic acids is 4. The number of carbonyl (C=O) groups is 4. The van der Waals surface area contributed by atoms with Crippen molar-refractivity contribution in [3.63, 3.8) is 0 Å². The minimum Gasteiger partial charge on any atom is -0.454 e. The summed E-state index contributed by atoms with van der Waals surface area (Å²) < 4.78 is 17.9. The Balaban J connectivity index is 1.36. The van der Waals surface area contributed by atoms with Gasteiger partial charge in [-0.1, -0.05) is 0 Å².